The molecule has 0 bridgehead atoms. The fourth-order valence-electron chi connectivity index (χ4n) is 0.195. The van der Waals surface area contributed by atoms with Gasteiger partial charge in [0.1, 0.15) is 0 Å². The molecular weight excluding hydrogens is 142 g/mol. The molecule has 4 nitrogen and oxygen atoms in total. The van der Waals surface area contributed by atoms with Crippen LogP contribution in [0.2, 0.25) is 0 Å². The predicted octanol–water partition coefficient (Wildman–Crippen LogP) is -1.45. The Hall–Kier alpha value is -0.770. The van der Waals surface area contributed by atoms with Crippen molar-refractivity contribution in [2.45, 2.75) is 6.04 Å². The zero-order chi connectivity index (χ0) is 7.28. The highest BCUT2D eigenvalue weighted by Crippen LogP contribution is 1.75. The number of carbonyl (C=O) groups excluding carboxylic acids is 1. The molecule has 0 saturated heterocycles. The van der Waals surface area contributed by atoms with Crippen LogP contribution in [0.3, 0.4) is 0 Å². The van der Waals surface area contributed by atoms with Crippen molar-refractivity contribution in [3.05, 3.63) is 0 Å². The molecular formula is C4H6NO3S+. The largest absolute Gasteiger partial charge is 0.480 e. The van der Waals surface area contributed by atoms with Crippen LogP contribution in [0.1, 0.15) is 0 Å². The molecule has 0 radical (unpaired) electrons. The molecule has 0 aromatic heterocycles. The smallest absolute Gasteiger partial charge is 0.431 e. The van der Waals surface area contributed by atoms with Gasteiger partial charge in [0.15, 0.2) is 6.04 Å². The molecule has 0 unspecified atom stereocenters. The highest BCUT2D eigenvalue weighted by molar-refractivity contribution is 7.76. The molecule has 0 aliphatic rings. The van der Waals surface area contributed by atoms with E-state index in [1.165, 1.54) is 5.23 Å². The Labute approximate surface area is 55.6 Å². The molecule has 3 N–H and O–H groups in total. The van der Waals surface area contributed by atoms with E-state index in [9.17, 15) is 9.59 Å². The maximum absolute atomic E-state index is 9.94. The Bertz CT molecular complexity index is 152. The highest BCUT2D eigenvalue weighted by Gasteiger charge is 2.15. The van der Waals surface area contributed by atoms with Crippen molar-refractivity contribution in [1.29, 1.82) is 0 Å². The van der Waals surface area contributed by atoms with Crippen LogP contribution in [0, 0.1) is 0 Å². The number of nitrogens with two attached hydrogens (primary N) is 1. The van der Waals surface area contributed by atoms with Gasteiger partial charge in [-0.3, -0.25) is 4.79 Å². The summed E-state index contributed by atoms with van der Waals surface area (Å²) in [6.45, 7) is 0. The normalized spacial score (nSPS) is 11.7. The zero-order valence-electron chi connectivity index (χ0n) is 4.53. The van der Waals surface area contributed by atoms with Gasteiger partial charge in [-0.25, -0.2) is 0 Å². The highest BCUT2D eigenvalue weighted by atomic mass is 32.1. The second-order valence-corrected chi connectivity index (χ2v) is 2.13. The fourth-order valence-corrected chi connectivity index (χ4v) is 0.585. The van der Waals surface area contributed by atoms with Crippen LogP contribution in [0.4, 0.5) is 0 Å². The molecule has 5 heteroatoms. The van der Waals surface area contributed by atoms with Crippen molar-refractivity contribution >= 4 is 22.6 Å². The van der Waals surface area contributed by atoms with E-state index in [-0.39, 0.29) is 5.75 Å². The third-order valence-electron chi connectivity index (χ3n) is 0.639. The second-order valence-electron chi connectivity index (χ2n) is 1.34. The fraction of sp³-hybridized carbons (Fsp3) is 0.500. The van der Waals surface area contributed by atoms with Crippen LogP contribution in [-0.2, 0) is 20.9 Å². The van der Waals surface area contributed by atoms with Gasteiger partial charge in [0.2, 0.25) is 5.75 Å². The zero-order valence-corrected chi connectivity index (χ0v) is 5.35. The molecule has 0 aromatic rings. The molecule has 0 saturated carbocycles. The number of aliphatic carboxylic acids is 1. The molecule has 0 amide bonds. The average Bonchev–Trinajstić information content (AvgIpc) is 1.82. The van der Waals surface area contributed by atoms with Gasteiger partial charge in [-0.1, -0.05) is 0 Å². The van der Waals surface area contributed by atoms with Crippen LogP contribution in [-0.4, -0.2) is 28.1 Å². The lowest BCUT2D eigenvalue weighted by atomic mass is 10.4. The van der Waals surface area contributed by atoms with E-state index in [0.29, 0.717) is 0 Å². The summed E-state index contributed by atoms with van der Waals surface area (Å²) in [7, 11) is 0. The Morgan fingerprint density at radius 2 is 2.44 bits per heavy atom. The Morgan fingerprint density at radius 3 is 2.78 bits per heavy atom. The van der Waals surface area contributed by atoms with E-state index in [1.807, 2.05) is 0 Å². The number of carboxylic acids is 1. The van der Waals surface area contributed by atoms with Crippen molar-refractivity contribution in [2.75, 3.05) is 5.75 Å². The van der Waals surface area contributed by atoms with Gasteiger partial charge < -0.3 is 10.8 Å². The molecule has 0 aromatic carbocycles. The predicted molar refractivity (Wildman–Crippen MR) is 33.5 cm³/mol. The van der Waals surface area contributed by atoms with Crippen LogP contribution in [0.25, 0.3) is 0 Å². The van der Waals surface area contributed by atoms with Crippen molar-refractivity contribution in [1.82, 2.24) is 0 Å². The summed E-state index contributed by atoms with van der Waals surface area (Å²) in [4.78, 5) is 19.5. The van der Waals surface area contributed by atoms with E-state index in [0.717, 1.165) is 11.4 Å². The lowest BCUT2D eigenvalue weighted by Crippen LogP contribution is -2.33. The second kappa shape index (κ2) is 4.14. The summed E-state index contributed by atoms with van der Waals surface area (Å²) in [6.07, 6.45) is 0. The minimum Gasteiger partial charge on any atom is -0.480 e. The van der Waals surface area contributed by atoms with E-state index >= 15 is 0 Å². The van der Waals surface area contributed by atoms with Gasteiger partial charge in [0, 0.05) is 0 Å². The molecule has 0 rings (SSSR count). The van der Waals surface area contributed by atoms with Crippen LogP contribution < -0.4 is 5.73 Å². The molecule has 0 aliphatic heterocycles. The molecule has 0 spiro atoms. The van der Waals surface area contributed by atoms with Gasteiger partial charge >= 0.3 is 11.2 Å². The third-order valence-corrected chi connectivity index (χ3v) is 1.28. The van der Waals surface area contributed by atoms with Gasteiger partial charge in [-0.05, 0) is 0 Å². The minimum atomic E-state index is -1.10. The standard InChI is InChI=1S/C4H5NO3S/c5-3(4(7)8)1-9-2-6/h3H,1,5H2/p+1/t3-/m0/s1. The summed E-state index contributed by atoms with van der Waals surface area (Å²) >= 11 is 0.733. The van der Waals surface area contributed by atoms with E-state index < -0.39 is 12.0 Å². The summed E-state index contributed by atoms with van der Waals surface area (Å²) in [6, 6.07) is -0.962. The maximum atomic E-state index is 9.94. The number of carboxylic acid groups (broad SMARTS) is 1. The maximum Gasteiger partial charge on any atom is 0.431 e. The lowest BCUT2D eigenvalue weighted by molar-refractivity contribution is -0.137. The number of carbonyl (C=O) groups is 1. The lowest BCUT2D eigenvalue weighted by Gasteiger charge is -1.90. The molecule has 0 aliphatic carbocycles. The van der Waals surface area contributed by atoms with Crippen molar-refractivity contribution in [3.8, 4) is 0 Å². The summed E-state index contributed by atoms with van der Waals surface area (Å²) in [5.41, 5.74) is 5.00. The number of hydrogen-bond donors (Lipinski definition) is 2. The molecule has 50 valence electrons. The van der Waals surface area contributed by atoms with Crippen molar-refractivity contribution in [2.24, 2.45) is 5.73 Å². The minimum absolute atomic E-state index is 0.0822. The monoisotopic (exact) mass is 148 g/mol. The Balaban J connectivity index is 3.63. The summed E-state index contributed by atoms with van der Waals surface area (Å²) in [5.74, 6) is -1.02. The van der Waals surface area contributed by atoms with Crippen molar-refractivity contribution < 1.29 is 14.7 Å². The number of hydrogen-bond acceptors (Lipinski definition) is 3. The Kier molecular flexibility index (Phi) is 3.79. The molecule has 9 heavy (non-hydrogen) atoms. The first-order valence-corrected chi connectivity index (χ1v) is 3.14. The number of rotatable bonds is 3. The van der Waals surface area contributed by atoms with E-state index in [1.54, 1.807) is 0 Å². The van der Waals surface area contributed by atoms with Gasteiger partial charge in [0.05, 0.1) is 0 Å². The van der Waals surface area contributed by atoms with E-state index in [4.69, 9.17) is 10.8 Å². The van der Waals surface area contributed by atoms with Crippen LogP contribution >= 0.6 is 0 Å². The van der Waals surface area contributed by atoms with Crippen molar-refractivity contribution in [3.63, 3.8) is 0 Å². The Morgan fingerprint density at radius 1 is 1.89 bits per heavy atom. The average molecular weight is 148 g/mol. The molecule has 0 fully saturated rings. The van der Waals surface area contributed by atoms with Crippen LogP contribution in [0.15, 0.2) is 0 Å². The first kappa shape index (κ1) is 8.23. The molecule has 0 heterocycles. The van der Waals surface area contributed by atoms with Gasteiger partial charge in [-0.2, -0.15) is 4.79 Å². The quantitative estimate of drug-likeness (QED) is 0.379. The van der Waals surface area contributed by atoms with Gasteiger partial charge in [0.25, 0.3) is 11.4 Å². The molecule has 1 atom stereocenters. The third kappa shape index (κ3) is 3.78. The van der Waals surface area contributed by atoms with E-state index in [2.05, 4.69) is 0 Å². The first-order valence-electron chi connectivity index (χ1n) is 2.15. The summed E-state index contributed by atoms with van der Waals surface area (Å²) < 4.78 is 0. The topological polar surface area (TPSA) is 80.4 Å². The SMILES string of the molecule is N[C@@H](C[S+]=C=O)C(=O)O. The van der Waals surface area contributed by atoms with Crippen LogP contribution in [0.5, 0.6) is 0 Å². The first-order chi connectivity index (χ1) is 4.18. The summed E-state index contributed by atoms with van der Waals surface area (Å²) in [5, 5.41) is 9.62. The van der Waals surface area contributed by atoms with Gasteiger partial charge in [-0.15, -0.1) is 0 Å².